The smallest absolute Gasteiger partial charge is 0.220 e. The van der Waals surface area contributed by atoms with Crippen LogP contribution in [0.4, 0.5) is 0 Å². The van der Waals surface area contributed by atoms with Crippen molar-refractivity contribution in [2.45, 2.75) is 236 Å². The minimum Gasteiger partial charge on any atom is -0.394 e. The molecule has 0 aromatic rings. The monoisotopic (exact) mass is 1040 g/mol. The van der Waals surface area contributed by atoms with E-state index in [0.717, 1.165) is 103 Å². The SMILES string of the molecule is CC/C=C\C/C=C\C/C=C\C/C=C\C/C=C\C/C=C\C/C=C\C/C=C\C/C=C\C/C=C\CCCCC(=O)NC(COC1OC(CO)C(O)C(O)C1O)C(O)/C=C/CC/C=C/CC/C=C/CCCCCCCCCCC. The van der Waals surface area contributed by atoms with E-state index < -0.39 is 49.5 Å². The van der Waals surface area contributed by atoms with E-state index in [1.165, 1.54) is 57.8 Å². The van der Waals surface area contributed by atoms with Gasteiger partial charge in [0.15, 0.2) is 6.29 Å². The molecule has 0 aromatic carbocycles. The molecular weight excluding hydrogens is 935 g/mol. The Morgan fingerprint density at radius 2 is 0.840 bits per heavy atom. The molecule has 6 N–H and O–H groups in total. The minimum absolute atomic E-state index is 0.235. The van der Waals surface area contributed by atoms with E-state index in [4.69, 9.17) is 9.47 Å². The van der Waals surface area contributed by atoms with Crippen LogP contribution >= 0.6 is 0 Å². The van der Waals surface area contributed by atoms with Crippen molar-refractivity contribution in [3.8, 4) is 0 Å². The van der Waals surface area contributed by atoms with Gasteiger partial charge in [0.25, 0.3) is 0 Å². The number of rotatable bonds is 47. The number of hydrogen-bond acceptors (Lipinski definition) is 8. The predicted molar refractivity (Wildman–Crippen MR) is 317 cm³/mol. The highest BCUT2D eigenvalue weighted by Gasteiger charge is 2.44. The zero-order chi connectivity index (χ0) is 54.3. The molecule has 9 nitrogen and oxygen atoms in total. The lowest BCUT2D eigenvalue weighted by atomic mass is 9.99. The maximum absolute atomic E-state index is 13.0. The van der Waals surface area contributed by atoms with E-state index in [1.807, 2.05) is 6.08 Å². The van der Waals surface area contributed by atoms with Crippen LogP contribution in [0.5, 0.6) is 0 Å². The van der Waals surface area contributed by atoms with Crippen molar-refractivity contribution in [3.05, 3.63) is 158 Å². The van der Waals surface area contributed by atoms with Gasteiger partial charge in [0, 0.05) is 6.42 Å². The van der Waals surface area contributed by atoms with Gasteiger partial charge in [-0.15, -0.1) is 0 Å². The maximum Gasteiger partial charge on any atom is 0.220 e. The van der Waals surface area contributed by atoms with E-state index >= 15 is 0 Å². The summed E-state index contributed by atoms with van der Waals surface area (Å²) in [5.41, 5.74) is 0. The quantitative estimate of drug-likeness (QED) is 0.0261. The standard InChI is InChI=1S/C66H105NO8/c1-3-5-7-9-11-13-15-17-19-21-23-24-25-26-27-28-29-30-31-32-33-34-35-36-38-40-42-44-46-48-50-52-54-56-62(70)67-59(58-74-66-65(73)64(72)63(71)61(57-68)75-66)60(69)55-53-51-49-47-45-43-41-39-37-22-20-18-16-14-12-10-8-6-4-2/h5,7,11,13,17,19,23-24,26-27,29-30,32-33,35-37,39-40,42,45-48,53,55,59-61,63-66,68-69,71-73H,3-4,6,8-10,12,14-16,18,20-22,25,28,31,34,38,41,43-44,49-52,54,56-58H2,1-2H3,(H,67,70)/b7-5-,13-11-,19-17-,24-23-,27-26-,30-29-,33-32-,36-35-,39-37+,42-40-,47-45+,48-46-,55-53+. The van der Waals surface area contributed by atoms with Gasteiger partial charge < -0.3 is 40.3 Å². The Hall–Kier alpha value is -4.19. The van der Waals surface area contributed by atoms with Crippen molar-refractivity contribution in [1.82, 2.24) is 5.32 Å². The lowest BCUT2D eigenvalue weighted by Gasteiger charge is -2.40. The highest BCUT2D eigenvalue weighted by atomic mass is 16.7. The third kappa shape index (κ3) is 42.6. The first-order valence-electron chi connectivity index (χ1n) is 29.2. The van der Waals surface area contributed by atoms with Gasteiger partial charge in [-0.1, -0.05) is 223 Å². The number of carbonyl (C=O) groups excluding carboxylic acids is 1. The number of carbonyl (C=O) groups is 1. The van der Waals surface area contributed by atoms with Gasteiger partial charge in [0.2, 0.25) is 5.91 Å². The number of aliphatic hydroxyl groups excluding tert-OH is 5. The molecule has 0 bridgehead atoms. The van der Waals surface area contributed by atoms with Crippen LogP contribution in [0, 0.1) is 0 Å². The average Bonchev–Trinajstić information content (AvgIpc) is 3.41. The summed E-state index contributed by atoms with van der Waals surface area (Å²) in [6, 6.07) is -0.865. The van der Waals surface area contributed by atoms with Crippen LogP contribution in [0.3, 0.4) is 0 Å². The Kier molecular flexibility index (Phi) is 48.8. The Balaban J connectivity index is 2.32. The first kappa shape index (κ1) is 68.8. The second kappa shape index (κ2) is 53.2. The molecule has 7 unspecified atom stereocenters. The van der Waals surface area contributed by atoms with Crippen molar-refractivity contribution in [2.24, 2.45) is 0 Å². The second-order valence-electron chi connectivity index (χ2n) is 19.3. The Morgan fingerprint density at radius 3 is 1.28 bits per heavy atom. The molecule has 7 atom stereocenters. The molecule has 0 aromatic heterocycles. The number of nitrogens with one attached hydrogen (secondary N) is 1. The van der Waals surface area contributed by atoms with Crippen LogP contribution in [-0.4, -0.2) is 87.5 Å². The fourth-order valence-electron chi connectivity index (χ4n) is 7.98. The van der Waals surface area contributed by atoms with Gasteiger partial charge in [-0.2, -0.15) is 0 Å². The molecule has 0 radical (unpaired) electrons. The molecule has 0 aliphatic carbocycles. The van der Waals surface area contributed by atoms with E-state index in [0.29, 0.717) is 12.8 Å². The van der Waals surface area contributed by atoms with E-state index in [1.54, 1.807) is 6.08 Å². The molecule has 9 heteroatoms. The fraction of sp³-hybridized carbons (Fsp3) is 0.591. The largest absolute Gasteiger partial charge is 0.394 e. The number of ether oxygens (including phenoxy) is 2. The van der Waals surface area contributed by atoms with E-state index in [2.05, 4.69) is 165 Å². The van der Waals surface area contributed by atoms with Crippen molar-refractivity contribution >= 4 is 5.91 Å². The summed E-state index contributed by atoms with van der Waals surface area (Å²) in [5, 5.41) is 54.4. The fourth-order valence-corrected chi connectivity index (χ4v) is 7.98. The van der Waals surface area contributed by atoms with Gasteiger partial charge in [0.05, 0.1) is 25.4 Å². The number of amides is 1. The molecule has 1 aliphatic heterocycles. The molecule has 75 heavy (non-hydrogen) atoms. The van der Waals surface area contributed by atoms with Crippen LogP contribution in [0.1, 0.15) is 194 Å². The lowest BCUT2D eigenvalue weighted by molar-refractivity contribution is -0.302. The molecular formula is C66H105NO8. The third-order valence-corrected chi connectivity index (χ3v) is 12.6. The number of unbranched alkanes of at least 4 members (excludes halogenated alkanes) is 13. The third-order valence-electron chi connectivity index (χ3n) is 12.6. The molecule has 0 spiro atoms. The van der Waals surface area contributed by atoms with E-state index in [9.17, 15) is 30.3 Å². The maximum atomic E-state index is 13.0. The first-order valence-corrected chi connectivity index (χ1v) is 29.2. The summed E-state index contributed by atoms with van der Waals surface area (Å²) in [5.74, 6) is -0.240. The molecule has 1 amide bonds. The summed E-state index contributed by atoms with van der Waals surface area (Å²) < 4.78 is 11.2. The summed E-state index contributed by atoms with van der Waals surface area (Å²) in [4.78, 5) is 13.0. The predicted octanol–water partition coefficient (Wildman–Crippen LogP) is 14.8. The number of allylic oxidation sites excluding steroid dienone is 25. The van der Waals surface area contributed by atoms with Crippen LogP contribution in [0.25, 0.3) is 0 Å². The zero-order valence-corrected chi connectivity index (χ0v) is 46.7. The van der Waals surface area contributed by atoms with Crippen LogP contribution < -0.4 is 5.32 Å². The van der Waals surface area contributed by atoms with Crippen molar-refractivity contribution in [1.29, 1.82) is 0 Å². The molecule has 1 fully saturated rings. The van der Waals surface area contributed by atoms with Gasteiger partial charge in [0.1, 0.15) is 24.4 Å². The van der Waals surface area contributed by atoms with Gasteiger partial charge >= 0.3 is 0 Å². The minimum atomic E-state index is -1.59. The number of hydrogen-bond donors (Lipinski definition) is 6. The molecule has 1 aliphatic rings. The van der Waals surface area contributed by atoms with Gasteiger partial charge in [-0.3, -0.25) is 4.79 Å². The molecule has 422 valence electrons. The Morgan fingerprint density at radius 1 is 0.467 bits per heavy atom. The van der Waals surface area contributed by atoms with Crippen molar-refractivity contribution < 1.29 is 39.8 Å². The van der Waals surface area contributed by atoms with Crippen LogP contribution in [0.15, 0.2) is 158 Å². The normalized spacial score (nSPS) is 20.1. The highest BCUT2D eigenvalue weighted by molar-refractivity contribution is 5.76. The molecule has 1 saturated heterocycles. The second-order valence-corrected chi connectivity index (χ2v) is 19.3. The van der Waals surface area contributed by atoms with E-state index in [-0.39, 0.29) is 18.9 Å². The van der Waals surface area contributed by atoms with Crippen LogP contribution in [0.2, 0.25) is 0 Å². The van der Waals surface area contributed by atoms with Crippen LogP contribution in [-0.2, 0) is 14.3 Å². The summed E-state index contributed by atoms with van der Waals surface area (Å²) in [7, 11) is 0. The zero-order valence-electron chi connectivity index (χ0n) is 46.7. The Labute approximate surface area is 456 Å². The van der Waals surface area contributed by atoms with Crippen molar-refractivity contribution in [3.63, 3.8) is 0 Å². The summed E-state index contributed by atoms with van der Waals surface area (Å²) >= 11 is 0. The molecule has 0 saturated carbocycles. The summed E-state index contributed by atoms with van der Waals surface area (Å²) in [6.45, 7) is 3.60. The van der Waals surface area contributed by atoms with Crippen molar-refractivity contribution in [2.75, 3.05) is 13.2 Å². The van der Waals surface area contributed by atoms with Gasteiger partial charge in [-0.05, 0) is 122 Å². The topological polar surface area (TPSA) is 149 Å². The lowest BCUT2D eigenvalue weighted by Crippen LogP contribution is -2.60. The summed E-state index contributed by atoms with van der Waals surface area (Å²) in [6.07, 6.45) is 77.3. The first-order chi connectivity index (χ1) is 36.8. The van der Waals surface area contributed by atoms with Gasteiger partial charge in [-0.25, -0.2) is 0 Å². The molecule has 1 heterocycles. The highest BCUT2D eigenvalue weighted by Crippen LogP contribution is 2.22. The molecule has 1 rings (SSSR count). The Bertz CT molecular complexity index is 1730. The average molecular weight is 1040 g/mol. The number of aliphatic hydroxyl groups is 5.